The molecule has 0 saturated carbocycles. The van der Waals surface area contributed by atoms with Crippen LogP contribution in [0.15, 0.2) is 53.4 Å². The van der Waals surface area contributed by atoms with E-state index in [0.29, 0.717) is 0 Å². The summed E-state index contributed by atoms with van der Waals surface area (Å²) < 4.78 is 26.6. The lowest BCUT2D eigenvalue weighted by Crippen LogP contribution is -2.33. The Labute approximate surface area is 143 Å². The molecule has 2 aromatic carbocycles. The SMILES string of the molecule is CCc1cccc(CC)c1NC(=O)CNS(=O)(=O)c1ccccc1. The number of hydrogen-bond acceptors (Lipinski definition) is 3. The van der Waals surface area contributed by atoms with Gasteiger partial charge in [-0.25, -0.2) is 13.1 Å². The Bertz CT molecular complexity index is 780. The fraction of sp³-hybridized carbons (Fsp3) is 0.278. The maximum Gasteiger partial charge on any atom is 0.241 e. The highest BCUT2D eigenvalue weighted by Gasteiger charge is 2.16. The molecule has 0 fully saturated rings. The second kappa shape index (κ2) is 8.08. The lowest BCUT2D eigenvalue weighted by atomic mass is 10.0. The maximum absolute atomic E-state index is 12.2. The minimum Gasteiger partial charge on any atom is -0.324 e. The molecule has 0 saturated heterocycles. The van der Waals surface area contributed by atoms with Crippen molar-refractivity contribution in [2.45, 2.75) is 31.6 Å². The molecule has 24 heavy (non-hydrogen) atoms. The third-order valence-corrected chi connectivity index (χ3v) is 5.16. The summed E-state index contributed by atoms with van der Waals surface area (Å²) >= 11 is 0. The summed E-state index contributed by atoms with van der Waals surface area (Å²) in [5, 5.41) is 2.84. The Hall–Kier alpha value is -2.18. The van der Waals surface area contributed by atoms with E-state index in [1.54, 1.807) is 18.2 Å². The summed E-state index contributed by atoms with van der Waals surface area (Å²) in [6, 6.07) is 13.9. The summed E-state index contributed by atoms with van der Waals surface area (Å²) in [6.45, 7) is 3.73. The monoisotopic (exact) mass is 346 g/mol. The van der Waals surface area contributed by atoms with Crippen molar-refractivity contribution in [3.8, 4) is 0 Å². The number of hydrogen-bond donors (Lipinski definition) is 2. The highest BCUT2D eigenvalue weighted by Crippen LogP contribution is 2.22. The molecule has 0 unspecified atom stereocenters. The first kappa shape index (κ1) is 18.2. The molecule has 5 nitrogen and oxygen atoms in total. The molecule has 1 amide bonds. The predicted molar refractivity (Wildman–Crippen MR) is 95.5 cm³/mol. The Kier molecular flexibility index (Phi) is 6.11. The molecule has 2 N–H and O–H groups in total. The van der Waals surface area contributed by atoms with E-state index in [9.17, 15) is 13.2 Å². The zero-order valence-electron chi connectivity index (χ0n) is 13.9. The molecule has 0 aliphatic carbocycles. The number of sulfonamides is 1. The van der Waals surface area contributed by atoms with Gasteiger partial charge in [0.2, 0.25) is 15.9 Å². The van der Waals surface area contributed by atoms with Gasteiger partial charge in [-0.2, -0.15) is 0 Å². The van der Waals surface area contributed by atoms with Gasteiger partial charge in [0.25, 0.3) is 0 Å². The number of carbonyl (C=O) groups excluding carboxylic acids is 1. The summed E-state index contributed by atoms with van der Waals surface area (Å²) in [5.41, 5.74) is 2.86. The van der Waals surface area contributed by atoms with Crippen LogP contribution in [0.5, 0.6) is 0 Å². The van der Waals surface area contributed by atoms with Gasteiger partial charge in [0.05, 0.1) is 11.4 Å². The highest BCUT2D eigenvalue weighted by molar-refractivity contribution is 7.89. The van der Waals surface area contributed by atoms with Crippen LogP contribution in [0.3, 0.4) is 0 Å². The number of anilines is 1. The molecule has 0 aliphatic rings. The van der Waals surface area contributed by atoms with Gasteiger partial charge >= 0.3 is 0 Å². The van der Waals surface area contributed by atoms with E-state index in [4.69, 9.17) is 0 Å². The smallest absolute Gasteiger partial charge is 0.241 e. The molecular formula is C18H22N2O3S. The number of aryl methyl sites for hydroxylation is 2. The van der Waals surface area contributed by atoms with Gasteiger partial charge in [0.15, 0.2) is 0 Å². The van der Waals surface area contributed by atoms with Crippen molar-refractivity contribution < 1.29 is 13.2 Å². The molecule has 0 bridgehead atoms. The van der Waals surface area contributed by atoms with E-state index in [1.807, 2.05) is 32.0 Å². The number of para-hydroxylation sites is 1. The van der Waals surface area contributed by atoms with Crippen LogP contribution in [0.2, 0.25) is 0 Å². The van der Waals surface area contributed by atoms with Crippen LogP contribution in [-0.4, -0.2) is 20.9 Å². The standard InChI is InChI=1S/C18H22N2O3S/c1-3-14-9-8-10-15(4-2)18(14)20-17(21)13-19-24(22,23)16-11-6-5-7-12-16/h5-12,19H,3-4,13H2,1-2H3,(H,20,21). The van der Waals surface area contributed by atoms with Crippen molar-refractivity contribution in [1.29, 1.82) is 0 Å². The van der Waals surface area contributed by atoms with E-state index in [0.717, 1.165) is 29.7 Å². The van der Waals surface area contributed by atoms with Gasteiger partial charge in [0, 0.05) is 5.69 Å². The largest absolute Gasteiger partial charge is 0.324 e. The fourth-order valence-corrected chi connectivity index (χ4v) is 3.43. The van der Waals surface area contributed by atoms with Crippen LogP contribution in [0.4, 0.5) is 5.69 Å². The van der Waals surface area contributed by atoms with Gasteiger partial charge in [-0.1, -0.05) is 50.2 Å². The number of amides is 1. The first-order chi connectivity index (χ1) is 11.5. The minimum absolute atomic E-state index is 0.140. The van der Waals surface area contributed by atoms with Crippen LogP contribution in [-0.2, 0) is 27.7 Å². The molecule has 0 radical (unpaired) electrons. The van der Waals surface area contributed by atoms with Crippen molar-refractivity contribution in [1.82, 2.24) is 4.72 Å². The predicted octanol–water partition coefficient (Wildman–Crippen LogP) is 2.73. The Balaban J connectivity index is 2.07. The molecule has 0 aromatic heterocycles. The van der Waals surface area contributed by atoms with Gasteiger partial charge < -0.3 is 5.32 Å². The first-order valence-electron chi connectivity index (χ1n) is 7.93. The van der Waals surface area contributed by atoms with Gasteiger partial charge in [0.1, 0.15) is 0 Å². The molecule has 0 aliphatic heterocycles. The topological polar surface area (TPSA) is 75.3 Å². The molecule has 128 valence electrons. The van der Waals surface area contributed by atoms with Gasteiger partial charge in [-0.3, -0.25) is 4.79 Å². The Morgan fingerprint density at radius 3 is 2.04 bits per heavy atom. The third-order valence-electron chi connectivity index (χ3n) is 3.74. The minimum atomic E-state index is -3.69. The molecule has 0 spiro atoms. The Morgan fingerprint density at radius 1 is 0.917 bits per heavy atom. The summed E-state index contributed by atoms with van der Waals surface area (Å²) in [7, 11) is -3.69. The van der Waals surface area contributed by atoms with E-state index in [1.165, 1.54) is 12.1 Å². The fourth-order valence-electron chi connectivity index (χ4n) is 2.43. The quantitative estimate of drug-likeness (QED) is 0.809. The lowest BCUT2D eigenvalue weighted by molar-refractivity contribution is -0.115. The van der Waals surface area contributed by atoms with E-state index >= 15 is 0 Å². The second-order valence-corrected chi connectivity index (χ2v) is 7.11. The lowest BCUT2D eigenvalue weighted by Gasteiger charge is -2.14. The molecule has 0 atom stereocenters. The van der Waals surface area contributed by atoms with E-state index in [2.05, 4.69) is 10.0 Å². The molecular weight excluding hydrogens is 324 g/mol. The number of benzene rings is 2. The summed E-state index contributed by atoms with van der Waals surface area (Å²) in [6.07, 6.45) is 1.58. The van der Waals surface area contributed by atoms with Gasteiger partial charge in [-0.15, -0.1) is 0 Å². The average Bonchev–Trinajstić information content (AvgIpc) is 2.61. The summed E-state index contributed by atoms with van der Waals surface area (Å²) in [5.74, 6) is -0.384. The second-order valence-electron chi connectivity index (χ2n) is 5.34. The van der Waals surface area contributed by atoms with Crippen molar-refractivity contribution in [2.24, 2.45) is 0 Å². The van der Waals surface area contributed by atoms with E-state index in [-0.39, 0.29) is 17.3 Å². The van der Waals surface area contributed by atoms with Crippen LogP contribution < -0.4 is 10.0 Å². The zero-order valence-corrected chi connectivity index (χ0v) is 14.7. The van der Waals surface area contributed by atoms with Crippen molar-refractivity contribution in [2.75, 3.05) is 11.9 Å². The number of carbonyl (C=O) groups is 1. The maximum atomic E-state index is 12.2. The van der Waals surface area contributed by atoms with Crippen molar-refractivity contribution in [3.05, 3.63) is 59.7 Å². The highest BCUT2D eigenvalue weighted by atomic mass is 32.2. The molecule has 0 heterocycles. The molecule has 2 rings (SSSR count). The van der Waals surface area contributed by atoms with Crippen molar-refractivity contribution >= 4 is 21.6 Å². The number of rotatable bonds is 7. The van der Waals surface area contributed by atoms with Crippen molar-refractivity contribution in [3.63, 3.8) is 0 Å². The Morgan fingerprint density at radius 2 is 1.50 bits per heavy atom. The van der Waals surface area contributed by atoms with Gasteiger partial charge in [-0.05, 0) is 36.1 Å². The summed E-state index contributed by atoms with van der Waals surface area (Å²) in [4.78, 5) is 12.3. The van der Waals surface area contributed by atoms with Crippen LogP contribution in [0, 0.1) is 0 Å². The zero-order chi connectivity index (χ0) is 17.6. The normalized spacial score (nSPS) is 11.2. The van der Waals surface area contributed by atoms with Crippen LogP contribution in [0.1, 0.15) is 25.0 Å². The number of nitrogens with one attached hydrogen (secondary N) is 2. The average molecular weight is 346 g/mol. The van der Waals surface area contributed by atoms with Crippen LogP contribution >= 0.6 is 0 Å². The molecule has 6 heteroatoms. The molecule has 2 aromatic rings. The third kappa shape index (κ3) is 4.43. The first-order valence-corrected chi connectivity index (χ1v) is 9.41. The van der Waals surface area contributed by atoms with Crippen LogP contribution in [0.25, 0.3) is 0 Å². The van der Waals surface area contributed by atoms with E-state index < -0.39 is 10.0 Å².